The number of rotatable bonds is 6. The minimum atomic E-state index is -0.781. The van der Waals surface area contributed by atoms with Crippen LogP contribution >= 0.6 is 11.6 Å². The summed E-state index contributed by atoms with van der Waals surface area (Å²) in [4.78, 5) is 41.9. The third-order valence-corrected chi connectivity index (χ3v) is 7.89. The summed E-state index contributed by atoms with van der Waals surface area (Å²) in [6.45, 7) is 12.4. The van der Waals surface area contributed by atoms with Gasteiger partial charge in [0, 0.05) is 30.1 Å². The Morgan fingerprint density at radius 2 is 1.58 bits per heavy atom. The van der Waals surface area contributed by atoms with Crippen molar-refractivity contribution in [2.24, 2.45) is 11.3 Å². The fourth-order valence-corrected chi connectivity index (χ4v) is 5.92. The van der Waals surface area contributed by atoms with Gasteiger partial charge in [0.1, 0.15) is 11.6 Å². The van der Waals surface area contributed by atoms with Crippen LogP contribution in [0.2, 0.25) is 5.02 Å². The summed E-state index contributed by atoms with van der Waals surface area (Å²) in [5.74, 6) is 0.300. The van der Waals surface area contributed by atoms with Gasteiger partial charge in [0.15, 0.2) is 0 Å². The van der Waals surface area contributed by atoms with Crippen molar-refractivity contribution in [3.05, 3.63) is 34.9 Å². The van der Waals surface area contributed by atoms with Crippen LogP contribution in [0.1, 0.15) is 92.1 Å². The van der Waals surface area contributed by atoms with E-state index in [0.29, 0.717) is 43.3 Å². The molecule has 0 bridgehead atoms. The van der Waals surface area contributed by atoms with Crippen LogP contribution < -0.4 is 10.6 Å². The van der Waals surface area contributed by atoms with Gasteiger partial charge in [-0.1, -0.05) is 43.0 Å². The smallest absolute Gasteiger partial charge is 0.408 e. The van der Waals surface area contributed by atoms with E-state index in [-0.39, 0.29) is 17.4 Å². The number of nitrogens with one attached hydrogen (secondary N) is 2. The van der Waals surface area contributed by atoms with E-state index >= 15 is 0 Å². The van der Waals surface area contributed by atoms with E-state index in [4.69, 9.17) is 16.3 Å². The summed E-state index contributed by atoms with van der Waals surface area (Å²) in [5, 5.41) is 6.67. The molecule has 1 heterocycles. The van der Waals surface area contributed by atoms with E-state index in [0.717, 1.165) is 31.2 Å². The molecule has 1 aliphatic carbocycles. The highest BCUT2D eigenvalue weighted by Gasteiger charge is 2.49. The second-order valence-electron chi connectivity index (χ2n) is 13.0. The van der Waals surface area contributed by atoms with Crippen LogP contribution in [0.15, 0.2) is 24.3 Å². The molecule has 0 radical (unpaired) electrons. The van der Waals surface area contributed by atoms with Gasteiger partial charge < -0.3 is 20.3 Å². The van der Waals surface area contributed by atoms with Gasteiger partial charge in [-0.05, 0) is 90.8 Å². The number of benzene rings is 1. The molecule has 1 saturated carbocycles. The largest absolute Gasteiger partial charge is 0.444 e. The molecule has 1 saturated heterocycles. The van der Waals surface area contributed by atoms with Gasteiger partial charge in [-0.2, -0.15) is 0 Å². The molecular weight excluding hydrogens is 502 g/mol. The minimum Gasteiger partial charge on any atom is -0.444 e. The number of nitrogens with zero attached hydrogens (tertiary/aromatic N) is 1. The van der Waals surface area contributed by atoms with Crippen LogP contribution in [0.25, 0.3) is 0 Å². The zero-order valence-electron chi connectivity index (χ0n) is 24.0. The summed E-state index contributed by atoms with van der Waals surface area (Å²) < 4.78 is 5.46. The Hall–Kier alpha value is -2.28. The fourth-order valence-electron chi connectivity index (χ4n) is 5.79. The van der Waals surface area contributed by atoms with Crippen molar-refractivity contribution in [2.45, 2.75) is 110 Å². The maximum atomic E-state index is 13.8. The average molecular weight is 548 g/mol. The third-order valence-electron chi connectivity index (χ3n) is 7.64. The van der Waals surface area contributed by atoms with Gasteiger partial charge in [-0.3, -0.25) is 9.59 Å². The highest BCUT2D eigenvalue weighted by atomic mass is 35.5. The lowest BCUT2D eigenvalue weighted by atomic mass is 9.63. The number of ether oxygens (including phenoxy) is 1. The zero-order valence-corrected chi connectivity index (χ0v) is 24.7. The molecule has 1 aromatic carbocycles. The van der Waals surface area contributed by atoms with Gasteiger partial charge in [-0.25, -0.2) is 4.79 Å². The normalized spacial score (nSPS) is 19.4. The van der Waals surface area contributed by atoms with Gasteiger partial charge in [0.25, 0.3) is 0 Å². The van der Waals surface area contributed by atoms with Crippen molar-refractivity contribution in [1.82, 2.24) is 15.5 Å². The first-order chi connectivity index (χ1) is 17.7. The molecule has 2 N–H and O–H groups in total. The topological polar surface area (TPSA) is 87.7 Å². The molecule has 0 spiro atoms. The van der Waals surface area contributed by atoms with Gasteiger partial charge in [0.05, 0.1) is 5.41 Å². The Bertz CT molecular complexity index is 967. The molecular formula is C30H46ClN3O4. The standard InChI is InChI=1S/C30H46ClN3O4/c1-28(2,3)33-26(36)30(22-10-8-7-9-11-22)16-18-34(19-17-30)25(35)24(32-27(37)38-29(4,5)6)20-21-12-14-23(31)15-13-21/h12-15,22,24H,7-11,16-20H2,1-6H3,(H,32,37)(H,33,36)/t24-/m1/s1. The van der Waals surface area contributed by atoms with Crippen LogP contribution in [0, 0.1) is 11.3 Å². The lowest BCUT2D eigenvalue weighted by molar-refractivity contribution is -0.147. The molecule has 7 nitrogen and oxygen atoms in total. The number of hydrogen-bond acceptors (Lipinski definition) is 4. The Morgan fingerprint density at radius 3 is 2.11 bits per heavy atom. The first-order valence-electron chi connectivity index (χ1n) is 14.0. The van der Waals surface area contributed by atoms with Crippen molar-refractivity contribution >= 4 is 29.5 Å². The number of likely N-dealkylation sites (tertiary alicyclic amines) is 1. The lowest BCUT2D eigenvalue weighted by Crippen LogP contribution is -2.59. The zero-order chi connectivity index (χ0) is 28.1. The number of alkyl carbamates (subject to hydrolysis) is 1. The Balaban J connectivity index is 1.77. The van der Waals surface area contributed by atoms with Crippen molar-refractivity contribution in [3.63, 3.8) is 0 Å². The second-order valence-corrected chi connectivity index (χ2v) is 13.5. The molecule has 212 valence electrons. The van der Waals surface area contributed by atoms with E-state index in [1.165, 1.54) is 6.42 Å². The molecule has 0 unspecified atom stereocenters. The van der Waals surface area contributed by atoms with E-state index < -0.39 is 23.2 Å². The van der Waals surface area contributed by atoms with Crippen molar-refractivity contribution < 1.29 is 19.1 Å². The molecule has 3 rings (SSSR count). The quantitative estimate of drug-likeness (QED) is 0.465. The maximum absolute atomic E-state index is 13.8. The molecule has 1 aromatic rings. The molecule has 1 atom stereocenters. The summed E-state index contributed by atoms with van der Waals surface area (Å²) in [5.41, 5.74) is -0.563. The van der Waals surface area contributed by atoms with Crippen molar-refractivity contribution in [3.8, 4) is 0 Å². The van der Waals surface area contributed by atoms with Crippen LogP contribution in [-0.2, 0) is 20.7 Å². The summed E-state index contributed by atoms with van der Waals surface area (Å²) in [7, 11) is 0. The molecule has 3 amide bonds. The highest BCUT2D eigenvalue weighted by molar-refractivity contribution is 6.30. The Kier molecular flexibility index (Phi) is 9.77. The molecule has 0 aromatic heterocycles. The van der Waals surface area contributed by atoms with E-state index in [1.807, 2.05) is 37.8 Å². The SMILES string of the molecule is CC(C)(C)NC(=O)C1(C2CCCCC2)CCN(C(=O)[C@@H](Cc2ccc(Cl)cc2)NC(=O)OC(C)(C)C)CC1. The monoisotopic (exact) mass is 547 g/mol. The predicted molar refractivity (Wildman–Crippen MR) is 151 cm³/mol. The summed E-state index contributed by atoms with van der Waals surface area (Å²) in [6, 6.07) is 6.50. The average Bonchev–Trinajstić information content (AvgIpc) is 2.83. The molecule has 2 fully saturated rings. The van der Waals surface area contributed by atoms with E-state index in [2.05, 4.69) is 10.6 Å². The Morgan fingerprint density at radius 1 is 1.00 bits per heavy atom. The van der Waals surface area contributed by atoms with E-state index in [9.17, 15) is 14.4 Å². The minimum absolute atomic E-state index is 0.119. The van der Waals surface area contributed by atoms with Crippen molar-refractivity contribution in [2.75, 3.05) is 13.1 Å². The number of halogens is 1. The molecule has 1 aliphatic heterocycles. The number of carbonyl (C=O) groups excluding carboxylic acids is 3. The second kappa shape index (κ2) is 12.3. The number of piperidine rings is 1. The van der Waals surface area contributed by atoms with Crippen LogP contribution in [-0.4, -0.2) is 53.1 Å². The van der Waals surface area contributed by atoms with Gasteiger partial charge in [0.2, 0.25) is 11.8 Å². The highest BCUT2D eigenvalue weighted by Crippen LogP contribution is 2.46. The van der Waals surface area contributed by atoms with Crippen LogP contribution in [0.4, 0.5) is 4.79 Å². The summed E-state index contributed by atoms with van der Waals surface area (Å²) >= 11 is 6.05. The molecule has 8 heteroatoms. The van der Waals surface area contributed by atoms with E-state index in [1.54, 1.807) is 32.9 Å². The number of hydrogen-bond donors (Lipinski definition) is 2. The van der Waals surface area contributed by atoms with Crippen LogP contribution in [0.5, 0.6) is 0 Å². The third kappa shape index (κ3) is 8.36. The first-order valence-corrected chi connectivity index (χ1v) is 14.4. The fraction of sp³-hybridized carbons (Fsp3) is 0.700. The number of amides is 3. The first kappa shape index (κ1) is 30.3. The van der Waals surface area contributed by atoms with Crippen LogP contribution in [0.3, 0.4) is 0 Å². The van der Waals surface area contributed by atoms with Gasteiger partial charge >= 0.3 is 6.09 Å². The van der Waals surface area contributed by atoms with Crippen molar-refractivity contribution in [1.29, 1.82) is 0 Å². The van der Waals surface area contributed by atoms with Gasteiger partial charge in [-0.15, -0.1) is 0 Å². The lowest BCUT2D eigenvalue weighted by Gasteiger charge is -2.48. The molecule has 2 aliphatic rings. The predicted octanol–water partition coefficient (Wildman–Crippen LogP) is 5.88. The number of carbonyl (C=O) groups is 3. The maximum Gasteiger partial charge on any atom is 0.408 e. The molecule has 38 heavy (non-hydrogen) atoms. The summed E-state index contributed by atoms with van der Waals surface area (Å²) in [6.07, 6.45) is 6.61. The Labute approximate surface area is 233 Å².